The Balaban J connectivity index is 2.16. The Morgan fingerprint density at radius 2 is 2.21 bits per heavy atom. The molecule has 7 heteroatoms. The molecule has 0 saturated heterocycles. The van der Waals surface area contributed by atoms with Crippen molar-refractivity contribution in [1.29, 1.82) is 0 Å². The number of halogens is 2. The van der Waals surface area contributed by atoms with Crippen LogP contribution in [0.15, 0.2) is 25.9 Å². The maximum absolute atomic E-state index is 5.68. The molecule has 4 nitrogen and oxygen atoms in total. The Kier molecular flexibility index (Phi) is 5.19. The molecular weight excluding hydrogens is 392 g/mol. The van der Waals surface area contributed by atoms with Crippen molar-refractivity contribution in [2.75, 3.05) is 0 Å². The second-order valence-electron chi connectivity index (χ2n) is 4.58. The second kappa shape index (κ2) is 6.49. The second-order valence-corrected chi connectivity index (χ2v) is 8.33. The monoisotopic (exact) mass is 406 g/mol. The Hall–Kier alpha value is -0.210. The summed E-state index contributed by atoms with van der Waals surface area (Å²) in [5, 5.41) is 4.56. The highest BCUT2D eigenvalue weighted by molar-refractivity contribution is 9.12. The first-order valence-electron chi connectivity index (χ1n) is 5.96. The van der Waals surface area contributed by atoms with E-state index in [1.165, 1.54) is 0 Å². The van der Waals surface area contributed by atoms with E-state index in [-0.39, 0.29) is 6.04 Å². The Bertz CT molecular complexity index is 550. The van der Waals surface area contributed by atoms with Crippen LogP contribution >= 0.6 is 43.2 Å². The molecule has 0 amide bonds. The van der Waals surface area contributed by atoms with Gasteiger partial charge in [0.2, 0.25) is 0 Å². The largest absolute Gasteiger partial charge is 0.271 e. The molecule has 0 aliphatic rings. The number of thiophene rings is 1. The zero-order valence-corrected chi connectivity index (χ0v) is 14.7. The highest BCUT2D eigenvalue weighted by atomic mass is 79.9. The molecule has 2 aromatic rings. The van der Waals surface area contributed by atoms with Gasteiger partial charge in [-0.15, -0.1) is 11.3 Å². The van der Waals surface area contributed by atoms with E-state index in [0.717, 1.165) is 25.3 Å². The van der Waals surface area contributed by atoms with Gasteiger partial charge in [0.25, 0.3) is 0 Å². The molecule has 1 atom stereocenters. The van der Waals surface area contributed by atoms with Crippen LogP contribution in [0.5, 0.6) is 0 Å². The van der Waals surface area contributed by atoms with Crippen molar-refractivity contribution in [3.8, 4) is 0 Å². The Morgan fingerprint density at radius 3 is 2.68 bits per heavy atom. The highest BCUT2D eigenvalue weighted by Crippen LogP contribution is 2.36. The van der Waals surface area contributed by atoms with E-state index in [2.05, 4.69) is 62.3 Å². The van der Waals surface area contributed by atoms with Gasteiger partial charge in [0.05, 0.1) is 19.3 Å². The number of aromatic nitrogens is 2. The quantitative estimate of drug-likeness (QED) is 0.585. The molecule has 0 aliphatic carbocycles. The van der Waals surface area contributed by atoms with Crippen molar-refractivity contribution < 1.29 is 0 Å². The van der Waals surface area contributed by atoms with E-state index >= 15 is 0 Å². The smallest absolute Gasteiger partial charge is 0.0758 e. The lowest BCUT2D eigenvalue weighted by atomic mass is 10.1. The maximum atomic E-state index is 5.68. The molecule has 0 radical (unpaired) electrons. The van der Waals surface area contributed by atoms with Gasteiger partial charge in [-0.1, -0.05) is 0 Å². The summed E-state index contributed by atoms with van der Waals surface area (Å²) in [6.45, 7) is 4.23. The molecule has 0 aromatic carbocycles. The summed E-state index contributed by atoms with van der Waals surface area (Å²) in [7, 11) is 0. The van der Waals surface area contributed by atoms with Crippen LogP contribution in [0.1, 0.15) is 37.2 Å². The van der Waals surface area contributed by atoms with Crippen molar-refractivity contribution in [2.45, 2.75) is 32.4 Å². The van der Waals surface area contributed by atoms with Gasteiger partial charge in [0.1, 0.15) is 0 Å². The molecule has 2 heterocycles. The average Bonchev–Trinajstić information content (AvgIpc) is 2.93. The normalized spacial score (nSPS) is 13.2. The summed E-state index contributed by atoms with van der Waals surface area (Å²) in [6.07, 6.45) is 2.77. The third-order valence-electron chi connectivity index (χ3n) is 2.87. The minimum atomic E-state index is 0.0486. The zero-order valence-electron chi connectivity index (χ0n) is 10.7. The van der Waals surface area contributed by atoms with Gasteiger partial charge in [-0.05, 0) is 63.4 Å². The number of nitrogens with two attached hydrogens (primary N) is 1. The number of rotatable bonds is 5. The summed E-state index contributed by atoms with van der Waals surface area (Å²) >= 11 is 8.70. The van der Waals surface area contributed by atoms with Crippen LogP contribution in [0.2, 0.25) is 0 Å². The summed E-state index contributed by atoms with van der Waals surface area (Å²) < 4.78 is 4.13. The predicted octanol–water partition coefficient (Wildman–Crippen LogP) is 3.80. The van der Waals surface area contributed by atoms with Crippen LogP contribution in [-0.2, 0) is 6.42 Å². The summed E-state index contributed by atoms with van der Waals surface area (Å²) in [4.78, 5) is 0. The van der Waals surface area contributed by atoms with Crippen LogP contribution in [0.4, 0.5) is 0 Å². The fourth-order valence-electron chi connectivity index (χ4n) is 1.83. The SMILES string of the molecule is CC(C)n1ccc(CC(NN)c2cc(Br)sc2Br)n1. The molecule has 0 fully saturated rings. The molecule has 0 bridgehead atoms. The van der Waals surface area contributed by atoms with E-state index in [1.807, 2.05) is 16.9 Å². The third kappa shape index (κ3) is 3.66. The summed E-state index contributed by atoms with van der Waals surface area (Å²) in [6, 6.07) is 4.55. The van der Waals surface area contributed by atoms with Crippen LogP contribution in [0, 0.1) is 0 Å². The van der Waals surface area contributed by atoms with Gasteiger partial charge in [-0.25, -0.2) is 0 Å². The van der Waals surface area contributed by atoms with E-state index in [1.54, 1.807) is 11.3 Å². The lowest BCUT2D eigenvalue weighted by molar-refractivity contribution is 0.507. The van der Waals surface area contributed by atoms with Crippen LogP contribution < -0.4 is 11.3 Å². The van der Waals surface area contributed by atoms with E-state index in [0.29, 0.717) is 6.04 Å². The van der Waals surface area contributed by atoms with Crippen molar-refractivity contribution >= 4 is 43.2 Å². The molecule has 0 spiro atoms. The molecule has 0 saturated carbocycles. The molecule has 19 heavy (non-hydrogen) atoms. The predicted molar refractivity (Wildman–Crippen MR) is 86.1 cm³/mol. The van der Waals surface area contributed by atoms with Crippen LogP contribution in [0.25, 0.3) is 0 Å². The lowest BCUT2D eigenvalue weighted by Crippen LogP contribution is -2.29. The number of nitrogens with one attached hydrogen (secondary N) is 1. The molecule has 104 valence electrons. The molecular formula is C12H16Br2N4S. The van der Waals surface area contributed by atoms with Gasteiger partial charge in [0.15, 0.2) is 0 Å². The highest BCUT2D eigenvalue weighted by Gasteiger charge is 2.18. The van der Waals surface area contributed by atoms with Crippen molar-refractivity contribution in [3.05, 3.63) is 37.2 Å². The van der Waals surface area contributed by atoms with E-state index < -0.39 is 0 Å². The van der Waals surface area contributed by atoms with Crippen LogP contribution in [0.3, 0.4) is 0 Å². The number of nitrogens with zero attached hydrogens (tertiary/aromatic N) is 2. The number of hydrogen-bond acceptors (Lipinski definition) is 4. The number of hydrazine groups is 1. The first kappa shape index (κ1) is 15.2. The topological polar surface area (TPSA) is 55.9 Å². The van der Waals surface area contributed by atoms with Gasteiger partial charge < -0.3 is 0 Å². The fourth-order valence-corrected chi connectivity index (χ4v) is 4.81. The lowest BCUT2D eigenvalue weighted by Gasteiger charge is -2.14. The van der Waals surface area contributed by atoms with Crippen molar-refractivity contribution in [3.63, 3.8) is 0 Å². The minimum absolute atomic E-state index is 0.0486. The van der Waals surface area contributed by atoms with E-state index in [9.17, 15) is 0 Å². The van der Waals surface area contributed by atoms with Crippen molar-refractivity contribution in [1.82, 2.24) is 15.2 Å². The maximum Gasteiger partial charge on any atom is 0.0758 e. The van der Waals surface area contributed by atoms with Gasteiger partial charge in [-0.3, -0.25) is 16.0 Å². The Labute approximate surface area is 133 Å². The van der Waals surface area contributed by atoms with Gasteiger partial charge in [-0.2, -0.15) is 5.10 Å². The van der Waals surface area contributed by atoms with Gasteiger partial charge >= 0.3 is 0 Å². The molecule has 1 unspecified atom stereocenters. The summed E-state index contributed by atoms with van der Waals surface area (Å²) in [5.41, 5.74) is 5.05. The summed E-state index contributed by atoms with van der Waals surface area (Å²) in [5.74, 6) is 5.68. The zero-order chi connectivity index (χ0) is 14.0. The first-order valence-corrected chi connectivity index (χ1v) is 8.36. The third-order valence-corrected chi connectivity index (χ3v) is 5.25. The molecule has 0 aliphatic heterocycles. The van der Waals surface area contributed by atoms with Gasteiger partial charge in [0, 0.05) is 18.7 Å². The average molecular weight is 408 g/mol. The minimum Gasteiger partial charge on any atom is -0.271 e. The van der Waals surface area contributed by atoms with Crippen molar-refractivity contribution in [2.24, 2.45) is 5.84 Å². The first-order chi connectivity index (χ1) is 9.01. The number of hydrogen-bond donors (Lipinski definition) is 2. The van der Waals surface area contributed by atoms with E-state index in [4.69, 9.17) is 5.84 Å². The van der Waals surface area contributed by atoms with Crippen LogP contribution in [-0.4, -0.2) is 9.78 Å². The molecule has 3 N–H and O–H groups in total. The Morgan fingerprint density at radius 1 is 1.47 bits per heavy atom. The molecule has 2 rings (SSSR count). The standard InChI is InChI=1S/C12H16Br2N4S/c1-7(2)18-4-3-8(17-18)5-10(16-15)9-6-11(13)19-12(9)14/h3-4,6-7,10,16H,5,15H2,1-2H3. The molecule has 2 aromatic heterocycles. The fraction of sp³-hybridized carbons (Fsp3) is 0.417.